The molecule has 0 aliphatic heterocycles. The molecule has 3 aromatic rings. The number of fused-ring (bicyclic) bond motifs is 1. The van der Waals surface area contributed by atoms with Crippen molar-refractivity contribution in [3.05, 3.63) is 29.8 Å². The largest absolute Gasteiger partial charge is 0.360 e. The van der Waals surface area contributed by atoms with Gasteiger partial charge in [-0.2, -0.15) is 9.61 Å². The van der Waals surface area contributed by atoms with Crippen molar-refractivity contribution in [1.82, 2.24) is 25.0 Å². The summed E-state index contributed by atoms with van der Waals surface area (Å²) in [7, 11) is 0. The first-order valence-corrected chi connectivity index (χ1v) is 6.23. The van der Waals surface area contributed by atoms with Crippen molar-refractivity contribution in [1.29, 1.82) is 0 Å². The third-order valence-electron chi connectivity index (χ3n) is 3.28. The molecule has 0 atom stereocenters. The summed E-state index contributed by atoms with van der Waals surface area (Å²) in [4.78, 5) is 0. The third-order valence-corrected chi connectivity index (χ3v) is 3.28. The van der Waals surface area contributed by atoms with Crippen molar-refractivity contribution >= 4 is 5.65 Å². The number of rotatable bonds is 3. The Morgan fingerprint density at radius 3 is 2.95 bits per heavy atom. The lowest BCUT2D eigenvalue weighted by Gasteiger charge is -1.98. The lowest BCUT2D eigenvalue weighted by atomic mass is 10.2. The van der Waals surface area contributed by atoms with Gasteiger partial charge < -0.3 is 10.3 Å². The molecule has 0 bridgehead atoms. The lowest BCUT2D eigenvalue weighted by Crippen LogP contribution is -2.05. The maximum Gasteiger partial charge on any atom is 0.178 e. The van der Waals surface area contributed by atoms with E-state index in [1.807, 2.05) is 18.2 Å². The van der Waals surface area contributed by atoms with Crippen molar-refractivity contribution in [2.75, 3.05) is 0 Å². The van der Waals surface area contributed by atoms with Crippen LogP contribution in [0, 0.1) is 0 Å². The van der Waals surface area contributed by atoms with Crippen LogP contribution in [-0.4, -0.2) is 25.0 Å². The molecule has 2 N–H and O–H groups in total. The van der Waals surface area contributed by atoms with E-state index in [-0.39, 0.29) is 0 Å². The molecule has 96 valence electrons. The average molecular weight is 256 g/mol. The number of hydrogen-bond acceptors (Lipinski definition) is 6. The normalized spacial score (nSPS) is 15.2. The molecule has 4 rings (SSSR count). The SMILES string of the molecule is NCc1nnc2ccc(-c3cc(C4CC4)on3)nn12. The molecule has 3 heterocycles. The second-order valence-electron chi connectivity index (χ2n) is 4.70. The highest BCUT2D eigenvalue weighted by Gasteiger charge is 2.28. The molecule has 1 aliphatic rings. The van der Waals surface area contributed by atoms with Crippen LogP contribution >= 0.6 is 0 Å². The van der Waals surface area contributed by atoms with Crippen molar-refractivity contribution in [2.24, 2.45) is 5.73 Å². The Hall–Kier alpha value is -2.28. The van der Waals surface area contributed by atoms with E-state index in [0.29, 0.717) is 23.9 Å². The first kappa shape index (κ1) is 10.6. The Balaban J connectivity index is 1.80. The maximum absolute atomic E-state index is 5.60. The minimum absolute atomic E-state index is 0.295. The van der Waals surface area contributed by atoms with Crippen LogP contribution in [0.15, 0.2) is 22.7 Å². The van der Waals surface area contributed by atoms with E-state index >= 15 is 0 Å². The number of hydrogen-bond donors (Lipinski definition) is 1. The second-order valence-corrected chi connectivity index (χ2v) is 4.70. The van der Waals surface area contributed by atoms with Gasteiger partial charge in [-0.15, -0.1) is 10.2 Å². The summed E-state index contributed by atoms with van der Waals surface area (Å²) in [6, 6.07) is 5.66. The van der Waals surface area contributed by atoms with Crippen molar-refractivity contribution in [3.63, 3.8) is 0 Å². The monoisotopic (exact) mass is 256 g/mol. The lowest BCUT2D eigenvalue weighted by molar-refractivity contribution is 0.386. The summed E-state index contributed by atoms with van der Waals surface area (Å²) in [6.07, 6.45) is 2.37. The Labute approximate surface area is 108 Å². The molecule has 3 aromatic heterocycles. The van der Waals surface area contributed by atoms with Crippen LogP contribution in [0.5, 0.6) is 0 Å². The fourth-order valence-corrected chi connectivity index (χ4v) is 2.07. The number of nitrogens with zero attached hydrogens (tertiary/aromatic N) is 5. The van der Waals surface area contributed by atoms with Gasteiger partial charge >= 0.3 is 0 Å². The molecule has 0 unspecified atom stereocenters. The van der Waals surface area contributed by atoms with E-state index in [9.17, 15) is 0 Å². The van der Waals surface area contributed by atoms with Crippen LogP contribution in [0.25, 0.3) is 17.0 Å². The van der Waals surface area contributed by atoms with Gasteiger partial charge in [0, 0.05) is 12.0 Å². The summed E-state index contributed by atoms with van der Waals surface area (Å²) < 4.78 is 6.98. The van der Waals surface area contributed by atoms with Gasteiger partial charge in [0.05, 0.1) is 6.54 Å². The molecule has 0 aromatic carbocycles. The average Bonchev–Trinajstić information content (AvgIpc) is 3.04. The van der Waals surface area contributed by atoms with Crippen LogP contribution in [0.2, 0.25) is 0 Å². The molecule has 19 heavy (non-hydrogen) atoms. The maximum atomic E-state index is 5.60. The molecule has 0 amide bonds. The van der Waals surface area contributed by atoms with Gasteiger partial charge in [0.25, 0.3) is 0 Å². The van der Waals surface area contributed by atoms with Gasteiger partial charge in [-0.25, -0.2) is 0 Å². The van der Waals surface area contributed by atoms with Crippen molar-refractivity contribution < 1.29 is 4.52 Å². The number of nitrogens with two attached hydrogens (primary N) is 1. The predicted octanol–water partition coefficient (Wildman–Crippen LogP) is 1.12. The van der Waals surface area contributed by atoms with E-state index in [1.54, 1.807) is 4.52 Å². The summed E-state index contributed by atoms with van der Waals surface area (Å²) >= 11 is 0. The molecule has 0 radical (unpaired) electrons. The number of aromatic nitrogens is 5. The second kappa shape index (κ2) is 3.86. The molecular weight excluding hydrogens is 244 g/mol. The predicted molar refractivity (Wildman–Crippen MR) is 66.1 cm³/mol. The highest BCUT2D eigenvalue weighted by molar-refractivity contribution is 5.56. The summed E-state index contributed by atoms with van der Waals surface area (Å²) in [5, 5.41) is 16.5. The van der Waals surface area contributed by atoms with Gasteiger partial charge in [-0.1, -0.05) is 5.16 Å². The molecule has 0 spiro atoms. The van der Waals surface area contributed by atoms with Crippen LogP contribution in [-0.2, 0) is 6.54 Å². The van der Waals surface area contributed by atoms with Crippen molar-refractivity contribution in [3.8, 4) is 11.4 Å². The quantitative estimate of drug-likeness (QED) is 0.754. The summed E-state index contributed by atoms with van der Waals surface area (Å²) in [5.74, 6) is 2.11. The molecule has 1 fully saturated rings. The zero-order valence-corrected chi connectivity index (χ0v) is 10.2. The van der Waals surface area contributed by atoms with Crippen LogP contribution in [0.1, 0.15) is 30.3 Å². The van der Waals surface area contributed by atoms with Gasteiger partial charge in [-0.3, -0.25) is 0 Å². The van der Waals surface area contributed by atoms with Crippen LogP contribution in [0.4, 0.5) is 0 Å². The minimum Gasteiger partial charge on any atom is -0.360 e. The third kappa shape index (κ3) is 1.70. The molecule has 1 aliphatic carbocycles. The fourth-order valence-electron chi connectivity index (χ4n) is 2.07. The van der Waals surface area contributed by atoms with E-state index in [1.165, 1.54) is 12.8 Å². The van der Waals surface area contributed by atoms with E-state index in [2.05, 4.69) is 20.5 Å². The van der Waals surface area contributed by atoms with E-state index in [0.717, 1.165) is 17.1 Å². The summed E-state index contributed by atoms with van der Waals surface area (Å²) in [6.45, 7) is 0.295. The van der Waals surface area contributed by atoms with E-state index < -0.39 is 0 Å². The highest BCUT2D eigenvalue weighted by atomic mass is 16.5. The summed E-state index contributed by atoms with van der Waals surface area (Å²) in [5.41, 5.74) is 7.75. The molecule has 7 nitrogen and oxygen atoms in total. The Morgan fingerprint density at radius 1 is 1.26 bits per heavy atom. The fraction of sp³-hybridized carbons (Fsp3) is 0.333. The zero-order chi connectivity index (χ0) is 12.8. The standard InChI is InChI=1S/C12H12N6O/c13-6-12-15-14-11-4-3-8(16-18(11)12)9-5-10(19-17-9)7-1-2-7/h3-5,7H,1-2,6,13H2. The van der Waals surface area contributed by atoms with E-state index in [4.69, 9.17) is 10.3 Å². The first-order valence-electron chi connectivity index (χ1n) is 6.23. The van der Waals surface area contributed by atoms with Crippen LogP contribution < -0.4 is 5.73 Å². The zero-order valence-electron chi connectivity index (χ0n) is 10.2. The van der Waals surface area contributed by atoms with Crippen LogP contribution in [0.3, 0.4) is 0 Å². The highest BCUT2D eigenvalue weighted by Crippen LogP contribution is 2.40. The Bertz CT molecular complexity index is 742. The van der Waals surface area contributed by atoms with Gasteiger partial charge in [0.15, 0.2) is 11.5 Å². The smallest absolute Gasteiger partial charge is 0.178 e. The van der Waals surface area contributed by atoms with Gasteiger partial charge in [0.2, 0.25) is 0 Å². The first-order chi connectivity index (χ1) is 9.35. The molecule has 1 saturated carbocycles. The molecular formula is C12H12N6O. The Morgan fingerprint density at radius 2 is 2.16 bits per heavy atom. The molecule has 0 saturated heterocycles. The topological polar surface area (TPSA) is 95.1 Å². The van der Waals surface area contributed by atoms with Crippen molar-refractivity contribution in [2.45, 2.75) is 25.3 Å². The van der Waals surface area contributed by atoms with Gasteiger partial charge in [-0.05, 0) is 25.0 Å². The minimum atomic E-state index is 0.295. The van der Waals surface area contributed by atoms with Gasteiger partial charge in [0.1, 0.15) is 17.1 Å². The molecule has 7 heteroatoms. The Kier molecular flexibility index (Phi) is 2.16.